The fourth-order valence-corrected chi connectivity index (χ4v) is 1.43. The van der Waals surface area contributed by atoms with Gasteiger partial charge in [-0.1, -0.05) is 13.8 Å². The summed E-state index contributed by atoms with van der Waals surface area (Å²) in [5.74, 6) is 0.433. The number of rotatable bonds is 7. The van der Waals surface area contributed by atoms with Gasteiger partial charge in [0.1, 0.15) is 6.20 Å². The molecule has 0 radical (unpaired) electrons. The lowest BCUT2D eigenvalue weighted by Crippen LogP contribution is -2.24. The molecular weight excluding hydrogens is 234 g/mol. The van der Waals surface area contributed by atoms with Crippen LogP contribution in [0.3, 0.4) is 0 Å². The summed E-state index contributed by atoms with van der Waals surface area (Å²) in [6.07, 6.45) is 2.10. The molecule has 0 atom stereocenters. The fraction of sp³-hybridized carbons (Fsp3) is 0.583. The van der Waals surface area contributed by atoms with Gasteiger partial charge in [0.15, 0.2) is 0 Å². The summed E-state index contributed by atoms with van der Waals surface area (Å²) in [4.78, 5) is 14.1. The zero-order valence-electron chi connectivity index (χ0n) is 11.0. The average Bonchev–Trinajstić information content (AvgIpc) is 2.27. The number of nitro groups is 1. The zero-order valence-corrected chi connectivity index (χ0v) is 11.0. The molecule has 0 amide bonds. The first-order chi connectivity index (χ1) is 8.50. The Bertz CT molecular complexity index is 408. The lowest BCUT2D eigenvalue weighted by molar-refractivity contribution is -0.385. The molecule has 0 bridgehead atoms. The molecule has 18 heavy (non-hydrogen) atoms. The largest absolute Gasteiger partial charge is 0.478 e. The minimum Gasteiger partial charge on any atom is -0.478 e. The summed E-state index contributed by atoms with van der Waals surface area (Å²) in [6.45, 7) is 7.27. The lowest BCUT2D eigenvalue weighted by Gasteiger charge is -2.08. The Morgan fingerprint density at radius 1 is 1.56 bits per heavy atom. The summed E-state index contributed by atoms with van der Waals surface area (Å²) in [5, 5.41) is 13.9. The molecule has 0 spiro atoms. The summed E-state index contributed by atoms with van der Waals surface area (Å²) >= 11 is 0. The predicted molar refractivity (Wildman–Crippen MR) is 68.9 cm³/mol. The quantitative estimate of drug-likeness (QED) is 0.457. The highest BCUT2D eigenvalue weighted by Crippen LogP contribution is 2.19. The molecule has 0 aromatic carbocycles. The molecule has 6 nitrogen and oxygen atoms in total. The standard InChI is InChI=1S/C12H19N3O3/c1-9(2)13-5-4-6-18-12-7-10(3)11(8-14-12)15(16)17/h7-9,13H,4-6H2,1-3H3. The van der Waals surface area contributed by atoms with E-state index < -0.39 is 4.92 Å². The number of aryl methyl sites for hydroxylation is 1. The van der Waals surface area contributed by atoms with Crippen LogP contribution in [0, 0.1) is 17.0 Å². The molecule has 0 fully saturated rings. The van der Waals surface area contributed by atoms with E-state index in [0.717, 1.165) is 13.0 Å². The van der Waals surface area contributed by atoms with Gasteiger partial charge in [0.2, 0.25) is 5.88 Å². The number of pyridine rings is 1. The molecular formula is C12H19N3O3. The summed E-state index contributed by atoms with van der Waals surface area (Å²) in [5.41, 5.74) is 0.578. The number of nitrogens with one attached hydrogen (secondary N) is 1. The van der Waals surface area contributed by atoms with E-state index >= 15 is 0 Å². The van der Waals surface area contributed by atoms with Crippen LogP contribution in [-0.4, -0.2) is 29.1 Å². The van der Waals surface area contributed by atoms with Crippen molar-refractivity contribution in [2.45, 2.75) is 33.2 Å². The molecule has 1 aromatic heterocycles. The highest BCUT2D eigenvalue weighted by molar-refractivity contribution is 5.39. The smallest absolute Gasteiger partial charge is 0.290 e. The first-order valence-corrected chi connectivity index (χ1v) is 5.98. The van der Waals surface area contributed by atoms with Gasteiger partial charge in [0, 0.05) is 17.7 Å². The maximum Gasteiger partial charge on any atom is 0.290 e. The normalized spacial score (nSPS) is 10.7. The van der Waals surface area contributed by atoms with Gasteiger partial charge < -0.3 is 10.1 Å². The highest BCUT2D eigenvalue weighted by atomic mass is 16.6. The van der Waals surface area contributed by atoms with E-state index in [-0.39, 0.29) is 5.69 Å². The Morgan fingerprint density at radius 2 is 2.28 bits per heavy atom. The predicted octanol–water partition coefficient (Wildman–Crippen LogP) is 2.07. The second-order valence-electron chi connectivity index (χ2n) is 4.38. The van der Waals surface area contributed by atoms with Gasteiger partial charge in [-0.3, -0.25) is 10.1 Å². The molecule has 0 aliphatic carbocycles. The van der Waals surface area contributed by atoms with Gasteiger partial charge in [-0.05, 0) is 19.9 Å². The maximum atomic E-state index is 10.6. The molecule has 0 unspecified atom stereocenters. The lowest BCUT2D eigenvalue weighted by atomic mass is 10.2. The molecule has 0 saturated carbocycles. The first-order valence-electron chi connectivity index (χ1n) is 5.98. The third kappa shape index (κ3) is 4.67. The van der Waals surface area contributed by atoms with Crippen LogP contribution in [0.5, 0.6) is 5.88 Å². The van der Waals surface area contributed by atoms with Gasteiger partial charge in [0.05, 0.1) is 11.5 Å². The van der Waals surface area contributed by atoms with Crippen LogP contribution < -0.4 is 10.1 Å². The summed E-state index contributed by atoms with van der Waals surface area (Å²) in [6, 6.07) is 2.05. The topological polar surface area (TPSA) is 77.3 Å². The number of aromatic nitrogens is 1. The van der Waals surface area contributed by atoms with Crippen LogP contribution >= 0.6 is 0 Å². The molecule has 6 heteroatoms. The van der Waals surface area contributed by atoms with Crippen molar-refractivity contribution in [2.24, 2.45) is 0 Å². The first kappa shape index (κ1) is 14.4. The maximum absolute atomic E-state index is 10.6. The molecule has 1 heterocycles. The van der Waals surface area contributed by atoms with Crippen LogP contribution in [0.25, 0.3) is 0 Å². The number of ether oxygens (including phenoxy) is 1. The van der Waals surface area contributed by atoms with Crippen molar-refractivity contribution in [3.8, 4) is 5.88 Å². The van der Waals surface area contributed by atoms with E-state index in [0.29, 0.717) is 24.1 Å². The Morgan fingerprint density at radius 3 is 2.83 bits per heavy atom. The van der Waals surface area contributed by atoms with Gasteiger partial charge in [-0.2, -0.15) is 0 Å². The molecule has 0 aliphatic heterocycles. The van der Waals surface area contributed by atoms with Gasteiger partial charge in [-0.25, -0.2) is 4.98 Å². The second-order valence-corrected chi connectivity index (χ2v) is 4.38. The van der Waals surface area contributed by atoms with Crippen molar-refractivity contribution in [1.82, 2.24) is 10.3 Å². The van der Waals surface area contributed by atoms with Crippen molar-refractivity contribution >= 4 is 5.69 Å². The fourth-order valence-electron chi connectivity index (χ4n) is 1.43. The Kier molecular flexibility index (Phi) is 5.51. The Hall–Kier alpha value is -1.69. The van der Waals surface area contributed by atoms with E-state index in [9.17, 15) is 10.1 Å². The SMILES string of the molecule is Cc1cc(OCCCNC(C)C)ncc1[N+](=O)[O-]. The van der Waals surface area contributed by atoms with Crippen molar-refractivity contribution in [2.75, 3.05) is 13.2 Å². The van der Waals surface area contributed by atoms with Crippen molar-refractivity contribution < 1.29 is 9.66 Å². The molecule has 1 rings (SSSR count). The van der Waals surface area contributed by atoms with Crippen LogP contribution in [0.15, 0.2) is 12.3 Å². The third-order valence-electron chi connectivity index (χ3n) is 2.38. The number of nitrogens with zero attached hydrogens (tertiary/aromatic N) is 2. The van der Waals surface area contributed by atoms with Crippen LogP contribution in [0.4, 0.5) is 5.69 Å². The Balaban J connectivity index is 2.39. The minimum absolute atomic E-state index is 0.0174. The van der Waals surface area contributed by atoms with Crippen molar-refractivity contribution in [3.63, 3.8) is 0 Å². The van der Waals surface area contributed by atoms with E-state index in [1.165, 1.54) is 6.20 Å². The van der Waals surface area contributed by atoms with Gasteiger partial charge >= 0.3 is 0 Å². The summed E-state index contributed by atoms with van der Waals surface area (Å²) in [7, 11) is 0. The molecule has 100 valence electrons. The molecule has 0 saturated heterocycles. The zero-order chi connectivity index (χ0) is 13.5. The third-order valence-corrected chi connectivity index (χ3v) is 2.38. The number of hydrogen-bond acceptors (Lipinski definition) is 5. The summed E-state index contributed by atoms with van der Waals surface area (Å²) < 4.78 is 5.43. The van der Waals surface area contributed by atoms with Gasteiger partial charge in [0.25, 0.3) is 5.69 Å². The average molecular weight is 253 g/mol. The van der Waals surface area contributed by atoms with E-state index in [1.807, 2.05) is 0 Å². The molecule has 0 aliphatic rings. The second kappa shape index (κ2) is 6.90. The highest BCUT2D eigenvalue weighted by Gasteiger charge is 2.11. The number of hydrogen-bond donors (Lipinski definition) is 1. The van der Waals surface area contributed by atoms with E-state index in [1.54, 1.807) is 13.0 Å². The van der Waals surface area contributed by atoms with Crippen LogP contribution in [0.2, 0.25) is 0 Å². The minimum atomic E-state index is -0.446. The van der Waals surface area contributed by atoms with E-state index in [2.05, 4.69) is 24.1 Å². The molecule has 1 aromatic rings. The Labute approximate surface area is 107 Å². The van der Waals surface area contributed by atoms with Crippen LogP contribution in [-0.2, 0) is 0 Å². The van der Waals surface area contributed by atoms with Crippen LogP contribution in [0.1, 0.15) is 25.8 Å². The molecule has 1 N–H and O–H groups in total. The van der Waals surface area contributed by atoms with E-state index in [4.69, 9.17) is 4.74 Å². The van der Waals surface area contributed by atoms with Crippen molar-refractivity contribution in [1.29, 1.82) is 0 Å². The van der Waals surface area contributed by atoms with Gasteiger partial charge in [-0.15, -0.1) is 0 Å². The monoisotopic (exact) mass is 253 g/mol. The van der Waals surface area contributed by atoms with Crippen molar-refractivity contribution in [3.05, 3.63) is 27.9 Å².